The van der Waals surface area contributed by atoms with Crippen molar-refractivity contribution in [1.29, 1.82) is 0 Å². The van der Waals surface area contributed by atoms with Crippen molar-refractivity contribution in [3.63, 3.8) is 0 Å². The third-order valence-electron chi connectivity index (χ3n) is 5.10. The molecule has 1 aromatic rings. The molecule has 1 saturated heterocycles. The summed E-state index contributed by atoms with van der Waals surface area (Å²) in [7, 11) is 2.07. The van der Waals surface area contributed by atoms with Gasteiger partial charge in [-0.05, 0) is 31.9 Å². The molecule has 3 nitrogen and oxygen atoms in total. The van der Waals surface area contributed by atoms with Crippen LogP contribution in [0.1, 0.15) is 43.7 Å². The van der Waals surface area contributed by atoms with Crippen LogP contribution < -0.4 is 5.32 Å². The first-order valence-electron chi connectivity index (χ1n) is 8.46. The van der Waals surface area contributed by atoms with Gasteiger partial charge in [-0.3, -0.25) is 4.90 Å². The van der Waals surface area contributed by atoms with Gasteiger partial charge in [0.2, 0.25) is 0 Å². The molecule has 3 heteroatoms. The maximum absolute atomic E-state index is 5.97. The van der Waals surface area contributed by atoms with Crippen LogP contribution in [0, 0.1) is 0 Å². The molecule has 3 atom stereocenters. The number of morpholine rings is 1. The fourth-order valence-corrected chi connectivity index (χ4v) is 3.91. The molecule has 1 heterocycles. The van der Waals surface area contributed by atoms with Crippen LogP contribution in [0.2, 0.25) is 0 Å². The van der Waals surface area contributed by atoms with E-state index in [1.54, 1.807) is 0 Å². The predicted octanol–water partition coefficient (Wildman–Crippen LogP) is 2.98. The van der Waals surface area contributed by atoms with Gasteiger partial charge in [0.25, 0.3) is 0 Å². The molecular weight excluding hydrogens is 260 g/mol. The summed E-state index contributed by atoms with van der Waals surface area (Å²) >= 11 is 0. The molecular formula is C18H28N2O. The highest BCUT2D eigenvalue weighted by Crippen LogP contribution is 2.29. The van der Waals surface area contributed by atoms with Gasteiger partial charge in [0.15, 0.2) is 0 Å². The largest absolute Gasteiger partial charge is 0.375 e. The lowest BCUT2D eigenvalue weighted by Crippen LogP contribution is -2.53. The third kappa shape index (κ3) is 3.65. The van der Waals surface area contributed by atoms with E-state index in [-0.39, 0.29) is 0 Å². The summed E-state index contributed by atoms with van der Waals surface area (Å²) in [6.45, 7) is 3.19. The molecule has 116 valence electrons. The molecule has 0 bridgehead atoms. The number of rotatable bonds is 5. The van der Waals surface area contributed by atoms with E-state index in [1.807, 2.05) is 0 Å². The maximum Gasteiger partial charge on any atom is 0.0730 e. The van der Waals surface area contributed by atoms with Crippen molar-refractivity contribution in [2.75, 3.05) is 26.7 Å². The first kappa shape index (κ1) is 15.0. The van der Waals surface area contributed by atoms with E-state index in [1.165, 1.54) is 44.2 Å². The molecule has 1 aliphatic heterocycles. The molecule has 3 unspecified atom stereocenters. The SMILES string of the molecule is CNC(CCN1CCOC2CCCCC21)c1ccccc1. The van der Waals surface area contributed by atoms with E-state index in [0.717, 1.165) is 13.2 Å². The second-order valence-electron chi connectivity index (χ2n) is 6.34. The van der Waals surface area contributed by atoms with E-state index in [0.29, 0.717) is 18.2 Å². The number of ether oxygens (including phenoxy) is 1. The topological polar surface area (TPSA) is 24.5 Å². The summed E-state index contributed by atoms with van der Waals surface area (Å²) in [6, 6.07) is 11.9. The molecule has 2 aliphatic rings. The van der Waals surface area contributed by atoms with Crippen LogP contribution in [0.15, 0.2) is 30.3 Å². The maximum atomic E-state index is 5.97. The standard InChI is InChI=1S/C18H28N2O/c1-19-16(15-7-3-2-4-8-15)11-12-20-13-14-21-18-10-6-5-9-17(18)20/h2-4,7-8,16-19H,5-6,9-14H2,1H3. The van der Waals surface area contributed by atoms with Crippen molar-refractivity contribution in [3.05, 3.63) is 35.9 Å². The Kier molecular flexibility index (Phi) is 5.28. The Morgan fingerprint density at radius 3 is 2.86 bits per heavy atom. The summed E-state index contributed by atoms with van der Waals surface area (Å²) in [5.41, 5.74) is 1.40. The Hall–Kier alpha value is -0.900. The predicted molar refractivity (Wildman–Crippen MR) is 86.4 cm³/mol. The summed E-state index contributed by atoms with van der Waals surface area (Å²) in [6.07, 6.45) is 6.96. The Bertz CT molecular complexity index is 420. The summed E-state index contributed by atoms with van der Waals surface area (Å²) in [4.78, 5) is 2.68. The van der Waals surface area contributed by atoms with Crippen LogP contribution >= 0.6 is 0 Å². The lowest BCUT2D eigenvalue weighted by Gasteiger charge is -2.44. The average molecular weight is 288 g/mol. The van der Waals surface area contributed by atoms with Gasteiger partial charge in [-0.25, -0.2) is 0 Å². The fraction of sp³-hybridized carbons (Fsp3) is 0.667. The van der Waals surface area contributed by atoms with Crippen molar-refractivity contribution in [1.82, 2.24) is 10.2 Å². The van der Waals surface area contributed by atoms with E-state index in [2.05, 4.69) is 47.6 Å². The molecule has 0 spiro atoms. The van der Waals surface area contributed by atoms with Gasteiger partial charge < -0.3 is 10.1 Å². The van der Waals surface area contributed by atoms with Gasteiger partial charge in [0, 0.05) is 25.2 Å². The Balaban J connectivity index is 1.58. The quantitative estimate of drug-likeness (QED) is 0.901. The van der Waals surface area contributed by atoms with Gasteiger partial charge in [-0.2, -0.15) is 0 Å². The second kappa shape index (κ2) is 7.39. The van der Waals surface area contributed by atoms with E-state index >= 15 is 0 Å². The molecule has 1 N–H and O–H groups in total. The number of fused-ring (bicyclic) bond motifs is 1. The van der Waals surface area contributed by atoms with Crippen LogP contribution in [0.3, 0.4) is 0 Å². The Labute approximate surface area is 128 Å². The van der Waals surface area contributed by atoms with Crippen LogP contribution in [-0.2, 0) is 4.74 Å². The Morgan fingerprint density at radius 1 is 1.24 bits per heavy atom. The molecule has 0 amide bonds. The average Bonchev–Trinajstić information content (AvgIpc) is 2.56. The highest BCUT2D eigenvalue weighted by atomic mass is 16.5. The van der Waals surface area contributed by atoms with Crippen LogP contribution in [-0.4, -0.2) is 43.8 Å². The molecule has 1 aromatic carbocycles. The first-order valence-corrected chi connectivity index (χ1v) is 8.46. The smallest absolute Gasteiger partial charge is 0.0730 e. The van der Waals surface area contributed by atoms with E-state index in [4.69, 9.17) is 4.74 Å². The highest BCUT2D eigenvalue weighted by molar-refractivity contribution is 5.18. The second-order valence-corrected chi connectivity index (χ2v) is 6.34. The number of benzene rings is 1. The highest BCUT2D eigenvalue weighted by Gasteiger charge is 2.33. The number of hydrogen-bond donors (Lipinski definition) is 1. The normalized spacial score (nSPS) is 28.0. The number of nitrogens with one attached hydrogen (secondary N) is 1. The third-order valence-corrected chi connectivity index (χ3v) is 5.10. The van der Waals surface area contributed by atoms with E-state index < -0.39 is 0 Å². The minimum Gasteiger partial charge on any atom is -0.375 e. The van der Waals surface area contributed by atoms with Gasteiger partial charge in [-0.1, -0.05) is 43.2 Å². The molecule has 1 saturated carbocycles. The molecule has 1 aliphatic carbocycles. The monoisotopic (exact) mass is 288 g/mol. The summed E-state index contributed by atoms with van der Waals surface area (Å²) in [5.74, 6) is 0. The fourth-order valence-electron chi connectivity index (χ4n) is 3.91. The van der Waals surface area contributed by atoms with Gasteiger partial charge in [0.05, 0.1) is 12.7 Å². The van der Waals surface area contributed by atoms with Crippen LogP contribution in [0.25, 0.3) is 0 Å². The molecule has 0 radical (unpaired) electrons. The van der Waals surface area contributed by atoms with Crippen molar-refractivity contribution in [2.24, 2.45) is 0 Å². The zero-order valence-corrected chi connectivity index (χ0v) is 13.1. The lowest BCUT2D eigenvalue weighted by atomic mass is 9.89. The van der Waals surface area contributed by atoms with E-state index in [9.17, 15) is 0 Å². The molecule has 0 aromatic heterocycles. The molecule has 21 heavy (non-hydrogen) atoms. The van der Waals surface area contributed by atoms with Gasteiger partial charge >= 0.3 is 0 Å². The first-order chi connectivity index (χ1) is 10.4. The zero-order chi connectivity index (χ0) is 14.5. The van der Waals surface area contributed by atoms with Crippen LogP contribution in [0.5, 0.6) is 0 Å². The van der Waals surface area contributed by atoms with Crippen molar-refractivity contribution in [3.8, 4) is 0 Å². The molecule has 3 rings (SSSR count). The van der Waals surface area contributed by atoms with Crippen molar-refractivity contribution in [2.45, 2.75) is 50.3 Å². The van der Waals surface area contributed by atoms with Crippen LogP contribution in [0.4, 0.5) is 0 Å². The summed E-state index contributed by atoms with van der Waals surface area (Å²) < 4.78 is 5.97. The number of nitrogens with zero attached hydrogens (tertiary/aromatic N) is 1. The van der Waals surface area contributed by atoms with Gasteiger partial charge in [-0.15, -0.1) is 0 Å². The minimum atomic E-state index is 0.455. The van der Waals surface area contributed by atoms with Crippen molar-refractivity contribution >= 4 is 0 Å². The molecule has 2 fully saturated rings. The lowest BCUT2D eigenvalue weighted by molar-refractivity contribution is -0.0886. The summed E-state index contributed by atoms with van der Waals surface area (Å²) in [5, 5.41) is 3.47. The van der Waals surface area contributed by atoms with Crippen molar-refractivity contribution < 1.29 is 4.74 Å². The Morgan fingerprint density at radius 2 is 2.05 bits per heavy atom. The number of hydrogen-bond acceptors (Lipinski definition) is 3. The minimum absolute atomic E-state index is 0.455. The van der Waals surface area contributed by atoms with Gasteiger partial charge in [0.1, 0.15) is 0 Å². The zero-order valence-electron chi connectivity index (χ0n) is 13.1.